The van der Waals surface area contributed by atoms with Crippen LogP contribution in [-0.2, 0) is 6.54 Å². The van der Waals surface area contributed by atoms with E-state index in [9.17, 15) is 0 Å². The Morgan fingerprint density at radius 1 is 1.05 bits per heavy atom. The molecule has 1 aliphatic rings. The lowest BCUT2D eigenvalue weighted by Crippen LogP contribution is -2.35. The minimum atomic E-state index is 0.128. The van der Waals surface area contributed by atoms with Gasteiger partial charge in [-0.05, 0) is 47.5 Å². The van der Waals surface area contributed by atoms with Gasteiger partial charge in [-0.1, -0.05) is 12.8 Å². The second kappa shape index (κ2) is 5.58. The first kappa shape index (κ1) is 14.4. The van der Waals surface area contributed by atoms with Crippen LogP contribution in [0.3, 0.4) is 0 Å². The summed E-state index contributed by atoms with van der Waals surface area (Å²) < 4.78 is 0. The van der Waals surface area contributed by atoms with Crippen LogP contribution in [0.5, 0.6) is 0 Å². The van der Waals surface area contributed by atoms with Gasteiger partial charge in [-0.3, -0.25) is 0 Å². The van der Waals surface area contributed by atoms with Crippen molar-refractivity contribution in [2.24, 2.45) is 0 Å². The Morgan fingerprint density at radius 3 is 2.05 bits per heavy atom. The molecule has 3 nitrogen and oxygen atoms in total. The average molecular weight is 261 g/mol. The number of hydrogen-bond donors (Lipinski definition) is 1. The smallest absolute Gasteiger partial charge is 0.131 e. The predicted molar refractivity (Wildman–Crippen MR) is 79.3 cm³/mol. The fourth-order valence-corrected chi connectivity index (χ4v) is 2.74. The lowest BCUT2D eigenvalue weighted by Gasteiger charge is -2.22. The van der Waals surface area contributed by atoms with Crippen molar-refractivity contribution < 1.29 is 0 Å². The molecule has 1 fully saturated rings. The molecule has 0 aliphatic heterocycles. The van der Waals surface area contributed by atoms with E-state index in [-0.39, 0.29) is 5.54 Å². The Balaban J connectivity index is 2.17. The molecule has 0 saturated heterocycles. The quantitative estimate of drug-likeness (QED) is 0.902. The Bertz CT molecular complexity index is 417. The molecule has 1 heterocycles. The molecule has 0 amide bonds. The minimum absolute atomic E-state index is 0.128. The maximum Gasteiger partial charge on any atom is 0.131 e. The zero-order chi connectivity index (χ0) is 14.0. The molecule has 0 aromatic carbocycles. The molecule has 0 bridgehead atoms. The van der Waals surface area contributed by atoms with E-state index in [0.717, 1.165) is 23.8 Å². The summed E-state index contributed by atoms with van der Waals surface area (Å²) in [4.78, 5) is 9.53. The molecule has 0 unspecified atom stereocenters. The van der Waals surface area contributed by atoms with Gasteiger partial charge in [0.2, 0.25) is 0 Å². The summed E-state index contributed by atoms with van der Waals surface area (Å²) in [7, 11) is 0. The van der Waals surface area contributed by atoms with Crippen LogP contribution >= 0.6 is 0 Å². The van der Waals surface area contributed by atoms with E-state index < -0.39 is 0 Å². The van der Waals surface area contributed by atoms with E-state index in [4.69, 9.17) is 9.97 Å². The summed E-state index contributed by atoms with van der Waals surface area (Å²) in [6.45, 7) is 11.6. The third-order valence-corrected chi connectivity index (χ3v) is 3.95. The van der Waals surface area contributed by atoms with Gasteiger partial charge >= 0.3 is 0 Å². The van der Waals surface area contributed by atoms with Crippen molar-refractivity contribution >= 4 is 0 Å². The number of aromatic nitrogens is 2. The first-order valence-corrected chi connectivity index (χ1v) is 7.46. The van der Waals surface area contributed by atoms with Crippen LogP contribution in [0.25, 0.3) is 0 Å². The molecule has 1 N–H and O–H groups in total. The van der Waals surface area contributed by atoms with E-state index in [0.29, 0.717) is 5.92 Å². The molecule has 1 aromatic heterocycles. The number of rotatable bonds is 3. The van der Waals surface area contributed by atoms with E-state index in [1.165, 1.54) is 31.2 Å². The summed E-state index contributed by atoms with van der Waals surface area (Å²) in [5.41, 5.74) is 3.68. The third-order valence-electron chi connectivity index (χ3n) is 3.95. The molecular formula is C16H27N3. The predicted octanol–water partition coefficient (Wildman–Crippen LogP) is 3.64. The minimum Gasteiger partial charge on any atom is -0.308 e. The van der Waals surface area contributed by atoms with Crippen molar-refractivity contribution in [1.82, 2.24) is 15.3 Å². The second-order valence-electron chi connectivity index (χ2n) is 6.82. The van der Waals surface area contributed by atoms with E-state index in [1.807, 2.05) is 0 Å². The summed E-state index contributed by atoms with van der Waals surface area (Å²) in [5, 5.41) is 3.53. The third kappa shape index (κ3) is 3.75. The number of nitrogens with one attached hydrogen (secondary N) is 1. The summed E-state index contributed by atoms with van der Waals surface area (Å²) >= 11 is 0. The van der Waals surface area contributed by atoms with E-state index in [2.05, 4.69) is 39.9 Å². The zero-order valence-electron chi connectivity index (χ0n) is 13.0. The highest BCUT2D eigenvalue weighted by Crippen LogP contribution is 2.32. The van der Waals surface area contributed by atoms with Crippen LogP contribution in [0.2, 0.25) is 0 Å². The highest BCUT2D eigenvalue weighted by Gasteiger charge is 2.21. The first-order chi connectivity index (χ1) is 8.87. The van der Waals surface area contributed by atoms with Gasteiger partial charge in [0, 0.05) is 35.0 Å². The van der Waals surface area contributed by atoms with E-state index >= 15 is 0 Å². The lowest BCUT2D eigenvalue weighted by atomic mass is 10.0. The van der Waals surface area contributed by atoms with Crippen LogP contribution < -0.4 is 5.32 Å². The van der Waals surface area contributed by atoms with Crippen molar-refractivity contribution in [2.45, 2.75) is 78.3 Å². The standard InChI is InChI=1S/C16H27N3/c1-11-14(10-17-16(3,4)5)12(2)19-15(18-11)13-8-6-7-9-13/h13,17H,6-10H2,1-5H3. The maximum atomic E-state index is 4.77. The van der Waals surface area contributed by atoms with Crippen molar-refractivity contribution in [2.75, 3.05) is 0 Å². The molecule has 19 heavy (non-hydrogen) atoms. The van der Waals surface area contributed by atoms with Crippen LogP contribution in [0.1, 0.15) is 75.1 Å². The second-order valence-corrected chi connectivity index (χ2v) is 6.82. The van der Waals surface area contributed by atoms with Crippen molar-refractivity contribution in [3.63, 3.8) is 0 Å². The summed E-state index contributed by atoms with van der Waals surface area (Å²) in [5.74, 6) is 1.68. The molecule has 3 heteroatoms. The molecule has 0 atom stereocenters. The maximum absolute atomic E-state index is 4.77. The molecule has 0 spiro atoms. The molecule has 1 aromatic rings. The fourth-order valence-electron chi connectivity index (χ4n) is 2.74. The van der Waals surface area contributed by atoms with Crippen molar-refractivity contribution in [1.29, 1.82) is 0 Å². The topological polar surface area (TPSA) is 37.8 Å². The molecule has 2 rings (SSSR count). The molecular weight excluding hydrogens is 234 g/mol. The van der Waals surface area contributed by atoms with Gasteiger partial charge in [0.1, 0.15) is 5.82 Å². The fraction of sp³-hybridized carbons (Fsp3) is 0.750. The molecule has 0 radical (unpaired) electrons. The highest BCUT2D eigenvalue weighted by atomic mass is 15.0. The van der Waals surface area contributed by atoms with E-state index in [1.54, 1.807) is 0 Å². The zero-order valence-corrected chi connectivity index (χ0v) is 13.0. The SMILES string of the molecule is Cc1nc(C2CCCC2)nc(C)c1CNC(C)(C)C. The molecule has 1 saturated carbocycles. The number of aryl methyl sites for hydroxylation is 2. The Morgan fingerprint density at radius 2 is 1.58 bits per heavy atom. The van der Waals surface area contributed by atoms with Crippen molar-refractivity contribution in [3.05, 3.63) is 22.8 Å². The monoisotopic (exact) mass is 261 g/mol. The van der Waals surface area contributed by atoms with Crippen LogP contribution in [0, 0.1) is 13.8 Å². The number of hydrogen-bond acceptors (Lipinski definition) is 3. The van der Waals surface area contributed by atoms with Gasteiger partial charge in [0.15, 0.2) is 0 Å². The average Bonchev–Trinajstić information content (AvgIpc) is 2.79. The van der Waals surface area contributed by atoms with Gasteiger partial charge in [-0.15, -0.1) is 0 Å². The first-order valence-electron chi connectivity index (χ1n) is 7.46. The van der Waals surface area contributed by atoms with Crippen LogP contribution in [0.15, 0.2) is 0 Å². The van der Waals surface area contributed by atoms with Gasteiger partial charge in [0.05, 0.1) is 0 Å². The lowest BCUT2D eigenvalue weighted by molar-refractivity contribution is 0.422. The Kier molecular flexibility index (Phi) is 4.24. The molecule has 1 aliphatic carbocycles. The highest BCUT2D eigenvalue weighted by molar-refractivity contribution is 5.25. The summed E-state index contributed by atoms with van der Waals surface area (Å²) in [6, 6.07) is 0. The number of nitrogens with zero attached hydrogens (tertiary/aromatic N) is 2. The Hall–Kier alpha value is -0.960. The Labute approximate surface area is 117 Å². The van der Waals surface area contributed by atoms with Gasteiger partial charge in [-0.25, -0.2) is 9.97 Å². The normalized spacial score (nSPS) is 17.1. The van der Waals surface area contributed by atoms with Crippen molar-refractivity contribution in [3.8, 4) is 0 Å². The van der Waals surface area contributed by atoms with Gasteiger partial charge < -0.3 is 5.32 Å². The molecule has 106 valence electrons. The van der Waals surface area contributed by atoms with Gasteiger partial charge in [0.25, 0.3) is 0 Å². The largest absolute Gasteiger partial charge is 0.308 e. The van der Waals surface area contributed by atoms with Crippen LogP contribution in [-0.4, -0.2) is 15.5 Å². The van der Waals surface area contributed by atoms with Gasteiger partial charge in [-0.2, -0.15) is 0 Å². The van der Waals surface area contributed by atoms with Crippen LogP contribution in [0.4, 0.5) is 0 Å². The summed E-state index contributed by atoms with van der Waals surface area (Å²) in [6.07, 6.45) is 5.19.